The number of methoxy groups -OCH3 is 2. The van der Waals surface area contributed by atoms with Crippen molar-refractivity contribution in [3.8, 4) is 11.5 Å². The van der Waals surface area contributed by atoms with Gasteiger partial charge in [-0.25, -0.2) is 14.8 Å². The molecule has 0 aliphatic carbocycles. The topological polar surface area (TPSA) is 427 Å². The number of aliphatic imine (C=N–C) groups is 2. The highest BCUT2D eigenvalue weighted by Crippen LogP contribution is 2.42. The van der Waals surface area contributed by atoms with Crippen molar-refractivity contribution in [2.45, 2.75) is 142 Å². The van der Waals surface area contributed by atoms with Crippen molar-refractivity contribution in [2.75, 3.05) is 73.5 Å². The molecule has 2 heterocycles. The highest BCUT2D eigenvalue weighted by atomic mass is 16.7. The highest BCUT2D eigenvalue weighted by Gasteiger charge is 2.52. The molecule has 33 heteroatoms. The molecule has 546 valence electrons. The van der Waals surface area contributed by atoms with Gasteiger partial charge in [-0.2, -0.15) is 0 Å². The number of aliphatic hydroxyl groups is 1. The van der Waals surface area contributed by atoms with Crippen LogP contribution in [0.15, 0.2) is 88.8 Å². The number of alkyl carbamates (subject to hydrolysis) is 1. The number of unbranched alkanes of at least 4 members (excludes halogenated alkanes) is 1. The number of carbonyl (C=O) groups is 12. The van der Waals surface area contributed by atoms with Gasteiger partial charge in [0, 0.05) is 87.5 Å². The zero-order valence-corrected chi connectivity index (χ0v) is 57.0. The van der Waals surface area contributed by atoms with Gasteiger partial charge in [-0.05, 0) is 60.2 Å². The number of nitrogens with zero attached hydrogens (tertiary/aromatic N) is 2. The lowest BCUT2D eigenvalue weighted by molar-refractivity contribution is -0.277. The van der Waals surface area contributed by atoms with Crippen LogP contribution in [0, 0.1) is 11.8 Å². The molecule has 5 unspecified atom stereocenters. The van der Waals surface area contributed by atoms with Crippen molar-refractivity contribution >= 4 is 83.9 Å². The molecule has 2 saturated heterocycles. The molecule has 0 radical (unpaired) electrons. The number of amides is 6. The van der Waals surface area contributed by atoms with Crippen molar-refractivity contribution in [1.29, 1.82) is 0 Å². The van der Waals surface area contributed by atoms with Crippen LogP contribution in [0.4, 0.5) is 4.79 Å². The number of hydrogen-bond donors (Lipinski definition) is 5. The third kappa shape index (κ3) is 26.1. The van der Waals surface area contributed by atoms with Crippen LogP contribution in [0.3, 0.4) is 0 Å². The maximum Gasteiger partial charge on any atom is 0.407 e. The third-order valence-electron chi connectivity index (χ3n) is 14.8. The minimum absolute atomic E-state index is 0.0469. The molecule has 6 amide bonds. The molecule has 0 saturated carbocycles. The second-order valence-electron chi connectivity index (χ2n) is 22.6. The fourth-order valence-electron chi connectivity index (χ4n) is 10.5. The lowest BCUT2D eigenvalue weighted by Crippen LogP contribution is -2.60. The van der Waals surface area contributed by atoms with Crippen LogP contribution < -0.4 is 30.7 Å². The van der Waals surface area contributed by atoms with Crippen molar-refractivity contribution in [3.05, 3.63) is 95.6 Å². The SMILES string of the molecule is COc1ccc(C(OCC(O)COC(=O)NCCNC(=O)C(CCCCNC(=O)CO[C@@H]2O[C@H](COC(C)=O)[C@H](OC(C)=O)[C@H](OC(C)=O)C2C=NC(C)=O)NC(=O)CO[C@@H]2O[C@H](COC(C)=O)[C@H](OC(C)=O)C(OC(C)=O)C2C=NC(C)=O)(c2ccccc2)c2ccc(OC)cc2)cc1. The number of hydrogen-bond acceptors (Lipinski definition) is 27. The van der Waals surface area contributed by atoms with Crippen LogP contribution in [0.25, 0.3) is 0 Å². The molecule has 0 aromatic heterocycles. The van der Waals surface area contributed by atoms with Crippen LogP contribution in [0.2, 0.25) is 0 Å². The fourth-order valence-corrected chi connectivity index (χ4v) is 10.5. The average molecular weight is 1410 g/mol. The molecule has 3 aromatic carbocycles. The van der Waals surface area contributed by atoms with E-state index in [-0.39, 0.29) is 45.5 Å². The predicted octanol–water partition coefficient (Wildman–Crippen LogP) is 1.79. The van der Waals surface area contributed by atoms with Crippen LogP contribution in [-0.2, 0) is 115 Å². The molecule has 2 aliphatic heterocycles. The van der Waals surface area contributed by atoms with E-state index in [9.17, 15) is 62.6 Å². The van der Waals surface area contributed by atoms with Gasteiger partial charge in [0.2, 0.25) is 29.5 Å². The minimum Gasteiger partial charge on any atom is -0.497 e. The number of benzene rings is 3. The molecule has 5 N–H and O–H groups in total. The second kappa shape index (κ2) is 40.9. The Hall–Kier alpha value is -9.80. The Labute approximate surface area is 576 Å². The molecule has 2 aliphatic rings. The smallest absolute Gasteiger partial charge is 0.407 e. The normalized spacial score (nSPS) is 21.0. The van der Waals surface area contributed by atoms with Crippen LogP contribution in [0.1, 0.15) is 91.3 Å². The molecule has 33 nitrogen and oxygen atoms in total. The summed E-state index contributed by atoms with van der Waals surface area (Å²) in [5, 5.41) is 21.6. The first kappa shape index (κ1) is 80.9. The fraction of sp³-hybridized carbons (Fsp3) is 0.522. The number of esters is 6. The molecule has 2 fully saturated rings. The second-order valence-corrected chi connectivity index (χ2v) is 22.6. The summed E-state index contributed by atoms with van der Waals surface area (Å²) in [4.78, 5) is 159. The summed E-state index contributed by atoms with van der Waals surface area (Å²) in [7, 11) is 3.09. The van der Waals surface area contributed by atoms with Crippen LogP contribution in [-0.4, -0.2) is 224 Å². The summed E-state index contributed by atoms with van der Waals surface area (Å²) >= 11 is 0. The predicted molar refractivity (Wildman–Crippen MR) is 345 cm³/mol. The quantitative estimate of drug-likeness (QED) is 0.0182. The summed E-state index contributed by atoms with van der Waals surface area (Å²) in [6.07, 6.45) is -11.6. The largest absolute Gasteiger partial charge is 0.497 e. The Morgan fingerprint density at radius 2 is 0.950 bits per heavy atom. The Kier molecular flexibility index (Phi) is 33.1. The molecular weight excluding hydrogens is 1320 g/mol. The monoisotopic (exact) mass is 1410 g/mol. The van der Waals surface area contributed by atoms with Gasteiger partial charge in [0.05, 0.1) is 32.7 Å². The molecule has 100 heavy (non-hydrogen) atoms. The Bertz CT molecular complexity index is 3270. The standard InChI is InChI=1S/C67H86N6O27/c1-38(74)71-30-52-59(95-42(5)78)61(97-44(7)80)55(34-89-40(3)76)99-64(52)91-36-57(83)68-27-15-14-18-54(73-58(84)37-92-65-53(31-72-39(2)75)60(96-43(6)79)62(98-45(8)81)56(100-65)35-90-41(4)77)63(85)69-28-29-70-66(86)93-32-49(82)33-94-67(46-16-12-11-13-17-46,47-19-23-50(87-9)24-20-47)48-21-25-51(88-10)26-22-48/h11-13,16-17,19-26,30-31,49,52-56,59-62,64-65,82H,14-15,18,27-29,32-37H2,1-10H3,(H,68,83)(H,69,85)(H,70,86)(H,73,84)/t49?,52?,53?,54?,55-,56-,59-,60?,61+,62+,64-,65-/m1/s1. The number of carbonyl (C=O) groups excluding carboxylic acids is 12. The molecule has 0 spiro atoms. The van der Waals surface area contributed by atoms with Gasteiger partial charge in [0.25, 0.3) is 0 Å². The number of ether oxygens (including phenoxy) is 14. The van der Waals surface area contributed by atoms with Crippen molar-refractivity contribution in [3.63, 3.8) is 0 Å². The number of rotatable bonds is 36. The number of aliphatic hydroxyl groups excluding tert-OH is 1. The van der Waals surface area contributed by atoms with E-state index in [1.54, 1.807) is 38.5 Å². The molecule has 12 atom stereocenters. The van der Waals surface area contributed by atoms with Crippen molar-refractivity contribution < 1.29 is 129 Å². The van der Waals surface area contributed by atoms with Crippen LogP contribution >= 0.6 is 0 Å². The lowest BCUT2D eigenvalue weighted by Gasteiger charge is -2.43. The van der Waals surface area contributed by atoms with E-state index in [2.05, 4.69) is 31.3 Å². The van der Waals surface area contributed by atoms with Crippen molar-refractivity contribution in [1.82, 2.24) is 21.3 Å². The molecule has 5 rings (SSSR count). The average Bonchev–Trinajstić information content (AvgIpc) is 0.765. The van der Waals surface area contributed by atoms with E-state index < -0.39 is 183 Å². The first-order valence-corrected chi connectivity index (χ1v) is 31.6. The van der Waals surface area contributed by atoms with Gasteiger partial charge in [-0.15, -0.1) is 0 Å². The van der Waals surface area contributed by atoms with Crippen molar-refractivity contribution in [2.24, 2.45) is 21.8 Å². The number of nitrogens with one attached hydrogen (secondary N) is 4. The van der Waals surface area contributed by atoms with Crippen LogP contribution in [0.5, 0.6) is 11.5 Å². The third-order valence-corrected chi connectivity index (χ3v) is 14.8. The van der Waals surface area contributed by atoms with E-state index in [0.717, 1.165) is 67.8 Å². The van der Waals surface area contributed by atoms with E-state index in [0.29, 0.717) is 28.2 Å². The van der Waals surface area contributed by atoms with Gasteiger partial charge in [0.15, 0.2) is 37.0 Å². The first-order valence-electron chi connectivity index (χ1n) is 31.6. The maximum absolute atomic E-state index is 14.0. The summed E-state index contributed by atoms with van der Waals surface area (Å²) in [6, 6.07) is 22.4. The Morgan fingerprint density at radius 1 is 0.510 bits per heavy atom. The summed E-state index contributed by atoms with van der Waals surface area (Å²) < 4.78 is 78.8. The summed E-state index contributed by atoms with van der Waals surface area (Å²) in [5.74, 6) is -10.1. The Balaban J connectivity index is 1.27. The first-order chi connectivity index (χ1) is 47.6. The molecule has 0 bridgehead atoms. The van der Waals surface area contributed by atoms with E-state index in [4.69, 9.17) is 66.3 Å². The molecule has 3 aromatic rings. The Morgan fingerprint density at radius 3 is 1.39 bits per heavy atom. The van der Waals surface area contributed by atoms with Gasteiger partial charge in [-0.1, -0.05) is 54.6 Å². The van der Waals surface area contributed by atoms with E-state index in [1.807, 2.05) is 54.6 Å². The maximum atomic E-state index is 14.0. The van der Waals surface area contributed by atoms with E-state index >= 15 is 0 Å². The van der Waals surface area contributed by atoms with Gasteiger partial charge in [0.1, 0.15) is 74.5 Å². The van der Waals surface area contributed by atoms with Gasteiger partial charge >= 0.3 is 41.9 Å². The van der Waals surface area contributed by atoms with Gasteiger partial charge < -0.3 is 92.7 Å². The summed E-state index contributed by atoms with van der Waals surface area (Å²) in [5.41, 5.74) is 0.797. The zero-order valence-electron chi connectivity index (χ0n) is 57.0. The zero-order chi connectivity index (χ0) is 73.5. The van der Waals surface area contributed by atoms with Gasteiger partial charge in [-0.3, -0.25) is 52.7 Å². The summed E-state index contributed by atoms with van der Waals surface area (Å²) in [6.45, 7) is 4.65. The molecular formula is C67H86N6O27. The minimum atomic E-state index is -1.62. The van der Waals surface area contributed by atoms with E-state index in [1.165, 1.54) is 0 Å². The lowest BCUT2D eigenvalue weighted by atomic mass is 9.80. The highest BCUT2D eigenvalue weighted by molar-refractivity contribution is 5.88.